The Morgan fingerprint density at radius 3 is 2.11 bits per heavy atom. The first-order valence-electron chi connectivity index (χ1n) is 13.5. The van der Waals surface area contributed by atoms with Crippen molar-refractivity contribution in [1.29, 1.82) is 0 Å². The van der Waals surface area contributed by atoms with E-state index in [0.717, 1.165) is 4.90 Å². The molecule has 2 saturated heterocycles. The highest BCUT2D eigenvalue weighted by atomic mass is 35.5. The highest BCUT2D eigenvalue weighted by molar-refractivity contribution is 6.58. The molecule has 6 rings (SSSR count). The van der Waals surface area contributed by atoms with E-state index in [4.69, 9.17) is 39.5 Å². The summed E-state index contributed by atoms with van der Waals surface area (Å²) in [7, 11) is 1.18. The Labute approximate surface area is 266 Å². The fourth-order valence-electron chi connectivity index (χ4n) is 7.23. The lowest BCUT2D eigenvalue weighted by Gasteiger charge is -2.50. The summed E-state index contributed by atoms with van der Waals surface area (Å²) in [5, 5.41) is 10.1. The average Bonchev–Trinajstić information content (AvgIpc) is 3.34. The number of aromatic hydroxyl groups is 1. The largest absolute Gasteiger partial charge is 0.503 e. The van der Waals surface area contributed by atoms with E-state index in [0.29, 0.717) is 0 Å². The molecule has 1 N–H and O–H groups in total. The second-order valence-electron chi connectivity index (χ2n) is 11.2. The lowest BCUT2D eigenvalue weighted by atomic mass is 9.56. The van der Waals surface area contributed by atoms with Crippen molar-refractivity contribution in [1.82, 2.24) is 4.90 Å². The molecule has 6 atom stereocenters. The molecule has 4 amide bonds. The predicted molar refractivity (Wildman–Crippen MR) is 148 cm³/mol. The molecular formula is C29H20Cl3F5N2O6. The maximum Gasteiger partial charge on any atom is 0.258 e. The number of carbonyl (C=O) groups is 4. The van der Waals surface area contributed by atoms with Gasteiger partial charge in [-0.05, 0) is 43.4 Å². The number of phenolic OH excluding ortho intramolecular Hbond substituents is 1. The molecule has 2 aliphatic heterocycles. The minimum Gasteiger partial charge on any atom is -0.503 e. The van der Waals surface area contributed by atoms with Crippen LogP contribution in [0.2, 0.25) is 5.02 Å². The third-order valence-corrected chi connectivity index (χ3v) is 10.9. The number of hydrogen-bond donors (Lipinski definition) is 1. The maximum atomic E-state index is 15.1. The predicted octanol–water partition coefficient (Wildman–Crippen LogP) is 5.33. The molecule has 238 valence electrons. The second-order valence-corrected chi connectivity index (χ2v) is 12.8. The van der Waals surface area contributed by atoms with Gasteiger partial charge < -0.3 is 9.84 Å². The summed E-state index contributed by atoms with van der Waals surface area (Å²) in [6.07, 6.45) is 0.924. The molecule has 0 spiro atoms. The minimum absolute atomic E-state index is 0.00275. The van der Waals surface area contributed by atoms with Gasteiger partial charge in [0.2, 0.25) is 17.6 Å². The first-order valence-corrected chi connectivity index (χ1v) is 14.6. The van der Waals surface area contributed by atoms with Crippen molar-refractivity contribution in [3.8, 4) is 11.5 Å². The van der Waals surface area contributed by atoms with Crippen molar-refractivity contribution >= 4 is 64.1 Å². The van der Waals surface area contributed by atoms with Crippen LogP contribution in [0.5, 0.6) is 11.5 Å². The van der Waals surface area contributed by atoms with Crippen molar-refractivity contribution in [3.63, 3.8) is 0 Å². The summed E-state index contributed by atoms with van der Waals surface area (Å²) in [5.41, 5.74) is -1.64. The zero-order valence-electron chi connectivity index (χ0n) is 23.1. The van der Waals surface area contributed by atoms with Gasteiger partial charge in [-0.15, -0.1) is 23.2 Å². The number of carbonyl (C=O) groups excluding carboxylic acids is 4. The van der Waals surface area contributed by atoms with Gasteiger partial charge in [-0.2, -0.15) is 0 Å². The van der Waals surface area contributed by atoms with E-state index in [2.05, 4.69) is 0 Å². The number of benzene rings is 2. The molecule has 6 unspecified atom stereocenters. The standard InChI is InChI=1S/C29H20Cl3F5N2O6/c1-3-38-24(41)11-5-4-10-12(15(11)25(38)42)8-28(31)26(43)39(22-20(36)18(34)17(33)19(35)21(22)37)27(44)29(28,32)16(10)9-6-13(30)23(40)14(7-9)45-2/h4,6-7,11-12,15-16,40H,3,5,8H2,1-2H3. The fourth-order valence-corrected chi connectivity index (χ4v) is 8.39. The van der Waals surface area contributed by atoms with Gasteiger partial charge in [-0.25, -0.2) is 26.9 Å². The highest BCUT2D eigenvalue weighted by Gasteiger charge is 2.77. The van der Waals surface area contributed by atoms with E-state index in [1.165, 1.54) is 19.2 Å². The zero-order valence-corrected chi connectivity index (χ0v) is 25.3. The van der Waals surface area contributed by atoms with Crippen LogP contribution in [0, 0.1) is 46.8 Å². The lowest BCUT2D eigenvalue weighted by molar-refractivity contribution is -0.140. The van der Waals surface area contributed by atoms with Crippen LogP contribution >= 0.6 is 34.8 Å². The van der Waals surface area contributed by atoms with Gasteiger partial charge in [0.25, 0.3) is 11.8 Å². The van der Waals surface area contributed by atoms with Gasteiger partial charge in [-0.1, -0.05) is 23.3 Å². The molecule has 0 radical (unpaired) electrons. The lowest BCUT2D eigenvalue weighted by Crippen LogP contribution is -2.60. The maximum absolute atomic E-state index is 15.1. The van der Waals surface area contributed by atoms with E-state index in [1.54, 1.807) is 13.0 Å². The Balaban J connectivity index is 1.63. The van der Waals surface area contributed by atoms with E-state index in [-0.39, 0.29) is 39.8 Å². The number of nitrogens with zero attached hydrogens (tertiary/aromatic N) is 2. The third kappa shape index (κ3) is 3.83. The number of fused-ring (bicyclic) bond motifs is 4. The quantitative estimate of drug-likeness (QED) is 0.116. The van der Waals surface area contributed by atoms with Crippen LogP contribution < -0.4 is 9.64 Å². The molecule has 4 aliphatic rings. The van der Waals surface area contributed by atoms with E-state index in [1.807, 2.05) is 0 Å². The van der Waals surface area contributed by atoms with Crippen LogP contribution in [0.15, 0.2) is 23.8 Å². The number of rotatable bonds is 4. The molecule has 45 heavy (non-hydrogen) atoms. The van der Waals surface area contributed by atoms with Gasteiger partial charge in [0.15, 0.2) is 44.5 Å². The summed E-state index contributed by atoms with van der Waals surface area (Å²) < 4.78 is 77.9. The van der Waals surface area contributed by atoms with E-state index >= 15 is 8.78 Å². The van der Waals surface area contributed by atoms with Crippen molar-refractivity contribution in [2.24, 2.45) is 17.8 Å². The third-order valence-electron chi connectivity index (χ3n) is 9.23. The molecule has 2 aromatic carbocycles. The normalized spacial score (nSPS) is 30.8. The topological polar surface area (TPSA) is 104 Å². The Morgan fingerprint density at radius 1 is 0.933 bits per heavy atom. The average molecular weight is 694 g/mol. The molecule has 8 nitrogen and oxygen atoms in total. The van der Waals surface area contributed by atoms with Gasteiger partial charge >= 0.3 is 0 Å². The molecule has 1 saturated carbocycles. The summed E-state index contributed by atoms with van der Waals surface area (Å²) >= 11 is 20.3. The summed E-state index contributed by atoms with van der Waals surface area (Å²) in [6, 6.07) is 2.38. The van der Waals surface area contributed by atoms with E-state index in [9.17, 15) is 37.5 Å². The van der Waals surface area contributed by atoms with Crippen LogP contribution in [0.25, 0.3) is 0 Å². The number of likely N-dealkylation sites (tertiary alicyclic amines) is 1. The molecule has 0 aromatic heterocycles. The first kappa shape index (κ1) is 31.6. The number of alkyl halides is 2. The number of halogens is 8. The molecule has 16 heteroatoms. The molecular weight excluding hydrogens is 674 g/mol. The number of amides is 4. The SMILES string of the molecule is CCN1C(=O)C2CC=C3C(CC4(Cl)C(=O)N(c5c(F)c(F)c(F)c(F)c5F)C(=O)C4(Cl)C3c3cc(Cl)c(O)c(OC)c3)C2C1=O. The van der Waals surface area contributed by atoms with E-state index < -0.39 is 104 Å². The number of ether oxygens (including phenoxy) is 1. The zero-order chi connectivity index (χ0) is 33.1. The van der Waals surface area contributed by atoms with Crippen LogP contribution in [0.3, 0.4) is 0 Å². The molecule has 0 bridgehead atoms. The smallest absolute Gasteiger partial charge is 0.258 e. The fraction of sp³-hybridized carbons (Fsp3) is 0.379. The molecule has 2 aromatic rings. The monoisotopic (exact) mass is 692 g/mol. The number of methoxy groups -OCH3 is 1. The molecule has 2 heterocycles. The van der Waals surface area contributed by atoms with Crippen molar-refractivity contribution in [2.75, 3.05) is 18.6 Å². The van der Waals surface area contributed by atoms with Crippen LogP contribution in [0.4, 0.5) is 27.6 Å². The Morgan fingerprint density at radius 2 is 1.53 bits per heavy atom. The van der Waals surface area contributed by atoms with Crippen LogP contribution in [-0.2, 0) is 19.2 Å². The number of allylic oxidation sites excluding steroid dienone is 2. The summed E-state index contributed by atoms with van der Waals surface area (Å²) in [5.74, 6) is -21.9. The van der Waals surface area contributed by atoms with Crippen LogP contribution in [-0.4, -0.2) is 57.0 Å². The Hall–Kier alpha value is -3.42. The number of phenols is 1. The van der Waals surface area contributed by atoms with Crippen molar-refractivity contribution in [2.45, 2.75) is 35.4 Å². The van der Waals surface area contributed by atoms with Crippen LogP contribution in [0.1, 0.15) is 31.2 Å². The first-order chi connectivity index (χ1) is 21.1. The van der Waals surface area contributed by atoms with Crippen molar-refractivity contribution in [3.05, 3.63) is 63.5 Å². The summed E-state index contributed by atoms with van der Waals surface area (Å²) in [6.45, 7) is 1.63. The van der Waals surface area contributed by atoms with Gasteiger partial charge in [0, 0.05) is 12.5 Å². The Bertz CT molecular complexity index is 1760. The number of anilines is 1. The van der Waals surface area contributed by atoms with Gasteiger partial charge in [0.1, 0.15) is 5.69 Å². The highest BCUT2D eigenvalue weighted by Crippen LogP contribution is 2.66. The van der Waals surface area contributed by atoms with Crippen molar-refractivity contribution < 1.29 is 51.0 Å². The second kappa shape index (κ2) is 10.3. The molecule has 3 fully saturated rings. The summed E-state index contributed by atoms with van der Waals surface area (Å²) in [4.78, 5) is 50.3. The Kier molecular flexibility index (Phi) is 7.22. The molecule has 2 aliphatic carbocycles. The number of hydrogen-bond acceptors (Lipinski definition) is 6. The number of imide groups is 2. The minimum atomic E-state index is -2.72. The van der Waals surface area contributed by atoms with Gasteiger partial charge in [-0.3, -0.25) is 24.1 Å². The van der Waals surface area contributed by atoms with Gasteiger partial charge in [0.05, 0.1) is 24.0 Å².